The molecule has 0 aliphatic heterocycles. The SMILES string of the molecule is CCCCCCOC(=O)C(C)(C)NP(=O)(CO[C@H](C)Cn1cnc2c(NC(=O)OCCCCC)ncnc21)NC(C)(C)C(=O)OCCCCCC. The lowest BCUT2D eigenvalue weighted by Crippen LogP contribution is -2.54. The molecule has 0 saturated carbocycles. The molecule has 0 unspecified atom stereocenters. The maximum Gasteiger partial charge on any atom is 0.412 e. The molecular weight excluding hydrogens is 677 g/mol. The Morgan fingerprint density at radius 1 is 0.765 bits per heavy atom. The number of ether oxygens (including phenoxy) is 4. The van der Waals surface area contributed by atoms with Gasteiger partial charge in [-0.3, -0.25) is 19.5 Å². The molecule has 0 radical (unpaired) electrons. The Hall–Kier alpha value is -3.13. The smallest absolute Gasteiger partial charge is 0.412 e. The summed E-state index contributed by atoms with van der Waals surface area (Å²) in [6.07, 6.45) is 11.7. The molecule has 0 aromatic carbocycles. The fraction of sp³-hybridized carbons (Fsp3) is 0.771. The topological polar surface area (TPSA) is 185 Å². The number of amides is 1. The van der Waals surface area contributed by atoms with Crippen LogP contribution in [0, 0.1) is 0 Å². The molecule has 0 fully saturated rings. The van der Waals surface area contributed by atoms with Crippen LogP contribution in [0.1, 0.15) is 126 Å². The second-order valence-electron chi connectivity index (χ2n) is 14.0. The first kappa shape index (κ1) is 44.0. The van der Waals surface area contributed by atoms with Gasteiger partial charge in [-0.1, -0.05) is 72.1 Å². The lowest BCUT2D eigenvalue weighted by molar-refractivity contribution is -0.149. The van der Waals surface area contributed by atoms with Gasteiger partial charge in [0.25, 0.3) is 0 Å². The van der Waals surface area contributed by atoms with Crippen LogP contribution in [0.4, 0.5) is 10.6 Å². The van der Waals surface area contributed by atoms with E-state index in [4.69, 9.17) is 18.9 Å². The number of aromatic nitrogens is 4. The van der Waals surface area contributed by atoms with E-state index in [0.29, 0.717) is 17.8 Å². The lowest BCUT2D eigenvalue weighted by atomic mass is 10.1. The lowest BCUT2D eigenvalue weighted by Gasteiger charge is -2.35. The van der Waals surface area contributed by atoms with E-state index in [0.717, 1.165) is 70.6 Å². The van der Waals surface area contributed by atoms with Gasteiger partial charge in [0.15, 0.2) is 17.0 Å². The molecule has 16 heteroatoms. The van der Waals surface area contributed by atoms with E-state index in [9.17, 15) is 18.9 Å². The van der Waals surface area contributed by atoms with Crippen LogP contribution < -0.4 is 15.5 Å². The van der Waals surface area contributed by atoms with Crippen LogP contribution in [0.15, 0.2) is 12.7 Å². The number of imidazole rings is 1. The Balaban J connectivity index is 2.17. The monoisotopic (exact) mass is 739 g/mol. The van der Waals surface area contributed by atoms with Crippen molar-refractivity contribution in [2.45, 2.75) is 150 Å². The van der Waals surface area contributed by atoms with E-state index in [1.54, 1.807) is 45.5 Å². The number of rotatable bonds is 26. The van der Waals surface area contributed by atoms with E-state index >= 15 is 0 Å². The summed E-state index contributed by atoms with van der Waals surface area (Å²) < 4.78 is 38.7. The highest BCUT2D eigenvalue weighted by molar-refractivity contribution is 7.59. The third-order valence-electron chi connectivity index (χ3n) is 8.00. The molecule has 3 N–H and O–H groups in total. The van der Waals surface area contributed by atoms with Gasteiger partial charge in [0, 0.05) is 0 Å². The highest BCUT2D eigenvalue weighted by atomic mass is 31.2. The molecule has 0 saturated heterocycles. The first-order valence-corrected chi connectivity index (χ1v) is 20.3. The largest absolute Gasteiger partial charge is 0.464 e. The molecule has 0 bridgehead atoms. The molecule has 0 aliphatic carbocycles. The first-order valence-electron chi connectivity index (χ1n) is 18.4. The predicted octanol–water partition coefficient (Wildman–Crippen LogP) is 7.10. The molecule has 2 heterocycles. The van der Waals surface area contributed by atoms with Crippen LogP contribution in [-0.2, 0) is 39.6 Å². The summed E-state index contributed by atoms with van der Waals surface area (Å²) in [7, 11) is -3.84. The maximum atomic E-state index is 14.6. The third kappa shape index (κ3) is 15.6. The van der Waals surface area contributed by atoms with Crippen molar-refractivity contribution in [3.63, 3.8) is 0 Å². The molecule has 15 nitrogen and oxygen atoms in total. The molecule has 2 rings (SSSR count). The van der Waals surface area contributed by atoms with E-state index < -0.39 is 42.7 Å². The van der Waals surface area contributed by atoms with Gasteiger partial charge in [-0.25, -0.2) is 29.9 Å². The summed E-state index contributed by atoms with van der Waals surface area (Å²) in [6.45, 7) is 15.5. The van der Waals surface area contributed by atoms with Crippen LogP contribution in [-0.4, -0.2) is 80.9 Å². The van der Waals surface area contributed by atoms with Gasteiger partial charge in [0.2, 0.25) is 7.44 Å². The van der Waals surface area contributed by atoms with Gasteiger partial charge in [-0.05, 0) is 53.9 Å². The van der Waals surface area contributed by atoms with Crippen LogP contribution in [0.3, 0.4) is 0 Å². The minimum Gasteiger partial charge on any atom is -0.464 e. The van der Waals surface area contributed by atoms with Crippen LogP contribution in [0.5, 0.6) is 0 Å². The number of nitrogens with zero attached hydrogens (tertiary/aromatic N) is 4. The molecule has 2 aromatic rings. The van der Waals surface area contributed by atoms with Crippen molar-refractivity contribution < 1.29 is 37.9 Å². The normalized spacial score (nSPS) is 12.9. The molecule has 51 heavy (non-hydrogen) atoms. The zero-order chi connectivity index (χ0) is 37.9. The average molecular weight is 740 g/mol. The minimum atomic E-state index is -3.84. The predicted molar refractivity (Wildman–Crippen MR) is 197 cm³/mol. The van der Waals surface area contributed by atoms with Crippen molar-refractivity contribution in [3.05, 3.63) is 12.7 Å². The third-order valence-corrected chi connectivity index (χ3v) is 10.4. The van der Waals surface area contributed by atoms with E-state index in [1.165, 1.54) is 6.33 Å². The summed E-state index contributed by atoms with van der Waals surface area (Å²) in [5.41, 5.74) is -1.93. The molecule has 2 aromatic heterocycles. The van der Waals surface area contributed by atoms with Gasteiger partial charge in [0.05, 0.1) is 38.8 Å². The number of anilines is 1. The highest BCUT2D eigenvalue weighted by Crippen LogP contribution is 2.42. The Labute approximate surface area is 303 Å². The Morgan fingerprint density at radius 3 is 1.82 bits per heavy atom. The van der Waals surface area contributed by atoms with Crippen LogP contribution in [0.25, 0.3) is 11.2 Å². The summed E-state index contributed by atoms with van der Waals surface area (Å²) in [4.78, 5) is 51.4. The number of hydrogen-bond donors (Lipinski definition) is 3. The molecule has 290 valence electrons. The van der Waals surface area contributed by atoms with Gasteiger partial charge in [0.1, 0.15) is 23.8 Å². The molecule has 0 spiro atoms. The number of nitrogens with one attached hydrogen (secondary N) is 3. The fourth-order valence-electron chi connectivity index (χ4n) is 5.15. The molecule has 1 amide bonds. The van der Waals surface area contributed by atoms with E-state index in [-0.39, 0.29) is 31.9 Å². The fourth-order valence-corrected chi connectivity index (χ4v) is 7.79. The van der Waals surface area contributed by atoms with Gasteiger partial charge in [-0.15, -0.1) is 0 Å². The summed E-state index contributed by atoms with van der Waals surface area (Å²) >= 11 is 0. The van der Waals surface area contributed by atoms with Crippen LogP contribution >= 0.6 is 7.44 Å². The number of unbranched alkanes of at least 4 members (excludes halogenated alkanes) is 8. The Morgan fingerprint density at radius 2 is 1.27 bits per heavy atom. The highest BCUT2D eigenvalue weighted by Gasteiger charge is 2.43. The quantitative estimate of drug-likeness (QED) is 0.0384. The van der Waals surface area contributed by atoms with Crippen molar-refractivity contribution in [1.29, 1.82) is 0 Å². The number of carbonyl (C=O) groups excluding carboxylic acids is 3. The van der Waals surface area contributed by atoms with E-state index in [2.05, 4.69) is 51.2 Å². The number of carbonyl (C=O) groups is 3. The molecule has 0 aliphatic rings. The number of fused-ring (bicyclic) bond motifs is 1. The zero-order valence-corrected chi connectivity index (χ0v) is 32.9. The average Bonchev–Trinajstić information content (AvgIpc) is 3.48. The standard InChI is InChI=1S/C35H62N7O8P/c1-9-12-15-18-20-47-31(43)34(5,6)40-51(46,41-35(7,8)32(44)48-21-19-16-13-10-2)26-50-27(4)23-42-25-38-28-29(36-24-37-30(28)42)39-33(45)49-22-17-14-11-3/h24-25,27H,9-23,26H2,1-8H3,(H2,40,41,46)(H,36,37,39,45)/t27-/m1/s1. The van der Waals surface area contributed by atoms with Crippen molar-refractivity contribution in [1.82, 2.24) is 29.7 Å². The van der Waals surface area contributed by atoms with E-state index in [1.807, 2.05) is 0 Å². The number of esters is 2. The van der Waals surface area contributed by atoms with Crippen molar-refractivity contribution in [2.24, 2.45) is 0 Å². The first-order chi connectivity index (χ1) is 24.2. The zero-order valence-electron chi connectivity index (χ0n) is 32.0. The maximum absolute atomic E-state index is 14.6. The number of hydrogen-bond acceptors (Lipinski definition) is 11. The molecule has 1 atom stereocenters. The summed E-state index contributed by atoms with van der Waals surface area (Å²) in [5, 5.41) is 8.54. The summed E-state index contributed by atoms with van der Waals surface area (Å²) in [5.74, 6) is -0.918. The van der Waals surface area contributed by atoms with Gasteiger partial charge < -0.3 is 23.5 Å². The van der Waals surface area contributed by atoms with Crippen molar-refractivity contribution in [2.75, 3.05) is 31.5 Å². The van der Waals surface area contributed by atoms with Crippen molar-refractivity contribution >= 4 is 42.5 Å². The Kier molecular flexibility index (Phi) is 19.0. The van der Waals surface area contributed by atoms with Crippen LogP contribution in [0.2, 0.25) is 0 Å². The minimum absolute atomic E-state index is 0.213. The van der Waals surface area contributed by atoms with Crippen molar-refractivity contribution in [3.8, 4) is 0 Å². The second kappa shape index (κ2) is 22.1. The van der Waals surface area contributed by atoms with Gasteiger partial charge in [-0.2, -0.15) is 0 Å². The summed E-state index contributed by atoms with van der Waals surface area (Å²) in [6, 6.07) is 0. The molecular formula is C35H62N7O8P. The second-order valence-corrected chi connectivity index (χ2v) is 16.2. The van der Waals surface area contributed by atoms with Gasteiger partial charge >= 0.3 is 18.0 Å². The Bertz CT molecular complexity index is 1370.